The Hall–Kier alpha value is -2.64. The van der Waals surface area contributed by atoms with Crippen LogP contribution >= 0.6 is 15.9 Å². The Morgan fingerprint density at radius 3 is 2.55 bits per heavy atom. The van der Waals surface area contributed by atoms with Crippen molar-refractivity contribution in [2.75, 3.05) is 6.61 Å². The summed E-state index contributed by atoms with van der Waals surface area (Å²) in [5, 5.41) is 10.2. The third-order valence-corrected chi connectivity index (χ3v) is 5.08. The van der Waals surface area contributed by atoms with Crippen molar-refractivity contribution in [3.63, 3.8) is 0 Å². The van der Waals surface area contributed by atoms with Crippen LogP contribution in [0.3, 0.4) is 0 Å². The summed E-state index contributed by atoms with van der Waals surface area (Å²) in [5.41, 5.74) is 2.58. The number of carbonyl (C=O) groups is 1. The number of pyridine rings is 1. The molecule has 0 fully saturated rings. The van der Waals surface area contributed by atoms with Crippen LogP contribution in [0.5, 0.6) is 11.5 Å². The van der Waals surface area contributed by atoms with Crippen molar-refractivity contribution in [1.82, 2.24) is 4.98 Å². The molecule has 0 spiro atoms. The zero-order valence-electron chi connectivity index (χ0n) is 17.8. The average Bonchev–Trinajstić information content (AvgIpc) is 2.73. The van der Waals surface area contributed by atoms with E-state index in [4.69, 9.17) is 14.2 Å². The number of hydrogen-bond donors (Lipinski definition) is 1. The molecule has 0 aliphatic rings. The standard InChI is InChI=1S/C24H26BrNO5/c1-4-29-22(24(27)28)11-16-5-8-19(9-6-16)30-14-17-13-26-21-10-7-18(25)12-20(21)23(17)31-15(2)3/h5-10,12-13,15,22H,4,11,14H2,1-3H3,(H,27,28). The van der Waals surface area contributed by atoms with Crippen LogP contribution in [0.1, 0.15) is 31.9 Å². The summed E-state index contributed by atoms with van der Waals surface area (Å²) in [5.74, 6) is 0.478. The first-order chi connectivity index (χ1) is 14.9. The Balaban J connectivity index is 1.75. The fraction of sp³-hybridized carbons (Fsp3) is 0.333. The van der Waals surface area contributed by atoms with Gasteiger partial charge in [0, 0.05) is 29.1 Å². The van der Waals surface area contributed by atoms with Crippen LogP contribution in [0.15, 0.2) is 53.1 Å². The van der Waals surface area contributed by atoms with Gasteiger partial charge in [-0.15, -0.1) is 0 Å². The Morgan fingerprint density at radius 1 is 1.16 bits per heavy atom. The van der Waals surface area contributed by atoms with Gasteiger partial charge in [-0.05, 0) is 56.7 Å². The molecule has 1 unspecified atom stereocenters. The lowest BCUT2D eigenvalue weighted by molar-refractivity contribution is -0.149. The molecule has 7 heteroatoms. The lowest BCUT2D eigenvalue weighted by Gasteiger charge is -2.17. The van der Waals surface area contributed by atoms with Gasteiger partial charge in [0.1, 0.15) is 18.1 Å². The van der Waals surface area contributed by atoms with E-state index in [0.717, 1.165) is 32.3 Å². The number of aliphatic carboxylic acids is 1. The van der Waals surface area contributed by atoms with Crippen molar-refractivity contribution >= 4 is 32.8 Å². The molecule has 2 aromatic carbocycles. The lowest BCUT2D eigenvalue weighted by atomic mass is 10.1. The van der Waals surface area contributed by atoms with Gasteiger partial charge in [0.25, 0.3) is 0 Å². The molecule has 31 heavy (non-hydrogen) atoms. The maximum absolute atomic E-state index is 11.3. The van der Waals surface area contributed by atoms with Gasteiger partial charge < -0.3 is 19.3 Å². The molecule has 0 aliphatic heterocycles. The van der Waals surface area contributed by atoms with Gasteiger partial charge in [0.15, 0.2) is 6.10 Å². The minimum atomic E-state index is -0.963. The highest BCUT2D eigenvalue weighted by atomic mass is 79.9. The van der Waals surface area contributed by atoms with E-state index in [-0.39, 0.29) is 6.10 Å². The molecule has 1 N–H and O–H groups in total. The number of aromatic nitrogens is 1. The van der Waals surface area contributed by atoms with E-state index >= 15 is 0 Å². The molecular formula is C24H26BrNO5. The number of nitrogens with zero attached hydrogens (tertiary/aromatic N) is 1. The lowest BCUT2D eigenvalue weighted by Crippen LogP contribution is -2.26. The van der Waals surface area contributed by atoms with Crippen LogP contribution in [0.25, 0.3) is 10.9 Å². The summed E-state index contributed by atoms with van der Waals surface area (Å²) in [6, 6.07) is 13.3. The summed E-state index contributed by atoms with van der Waals surface area (Å²) in [6.45, 7) is 6.41. The van der Waals surface area contributed by atoms with Crippen LogP contribution < -0.4 is 9.47 Å². The minimum Gasteiger partial charge on any atom is -0.490 e. The van der Waals surface area contributed by atoms with Crippen LogP contribution in [0.4, 0.5) is 0 Å². The second-order valence-corrected chi connectivity index (χ2v) is 8.28. The minimum absolute atomic E-state index is 0.00939. The van der Waals surface area contributed by atoms with Crippen molar-refractivity contribution in [3.8, 4) is 11.5 Å². The van der Waals surface area contributed by atoms with E-state index in [1.54, 1.807) is 13.1 Å². The molecule has 0 saturated heterocycles. The highest BCUT2D eigenvalue weighted by molar-refractivity contribution is 9.10. The van der Waals surface area contributed by atoms with E-state index in [2.05, 4.69) is 20.9 Å². The van der Waals surface area contributed by atoms with E-state index in [0.29, 0.717) is 25.4 Å². The Kier molecular flexibility index (Phi) is 7.87. The predicted octanol–water partition coefficient (Wildman–Crippen LogP) is 5.40. The smallest absolute Gasteiger partial charge is 0.333 e. The Labute approximate surface area is 190 Å². The molecule has 1 atom stereocenters. The average molecular weight is 488 g/mol. The third kappa shape index (κ3) is 6.18. The highest BCUT2D eigenvalue weighted by Gasteiger charge is 2.18. The first-order valence-corrected chi connectivity index (χ1v) is 11.0. The zero-order valence-corrected chi connectivity index (χ0v) is 19.4. The number of hydrogen-bond acceptors (Lipinski definition) is 5. The molecule has 0 saturated carbocycles. The van der Waals surface area contributed by atoms with Crippen LogP contribution in [0.2, 0.25) is 0 Å². The maximum atomic E-state index is 11.3. The van der Waals surface area contributed by atoms with Gasteiger partial charge in [-0.1, -0.05) is 28.1 Å². The second-order valence-electron chi connectivity index (χ2n) is 7.36. The van der Waals surface area contributed by atoms with Gasteiger partial charge in [0.2, 0.25) is 0 Å². The summed E-state index contributed by atoms with van der Waals surface area (Å²) in [6.07, 6.45) is 1.24. The van der Waals surface area contributed by atoms with E-state index in [9.17, 15) is 9.90 Å². The van der Waals surface area contributed by atoms with Crippen LogP contribution in [-0.4, -0.2) is 34.9 Å². The van der Waals surface area contributed by atoms with E-state index < -0.39 is 12.1 Å². The number of halogens is 1. The second kappa shape index (κ2) is 10.6. The topological polar surface area (TPSA) is 77.9 Å². The number of carboxylic acids is 1. The summed E-state index contributed by atoms with van der Waals surface area (Å²) >= 11 is 3.52. The molecule has 6 nitrogen and oxygen atoms in total. The van der Waals surface area contributed by atoms with Gasteiger partial charge in [-0.2, -0.15) is 0 Å². The molecular weight excluding hydrogens is 462 g/mol. The maximum Gasteiger partial charge on any atom is 0.333 e. The van der Waals surface area contributed by atoms with Crippen LogP contribution in [0, 0.1) is 0 Å². The van der Waals surface area contributed by atoms with Crippen molar-refractivity contribution in [2.24, 2.45) is 0 Å². The molecule has 0 aliphatic carbocycles. The van der Waals surface area contributed by atoms with Crippen molar-refractivity contribution in [1.29, 1.82) is 0 Å². The fourth-order valence-corrected chi connectivity index (χ4v) is 3.54. The number of benzene rings is 2. The monoisotopic (exact) mass is 487 g/mol. The predicted molar refractivity (Wildman–Crippen MR) is 123 cm³/mol. The Bertz CT molecular complexity index is 1040. The van der Waals surface area contributed by atoms with E-state index in [1.165, 1.54) is 0 Å². The number of carboxylic acid groups (broad SMARTS) is 1. The third-order valence-electron chi connectivity index (χ3n) is 4.59. The van der Waals surface area contributed by atoms with Crippen molar-refractivity contribution in [3.05, 3.63) is 64.3 Å². The first-order valence-electron chi connectivity index (χ1n) is 10.2. The van der Waals surface area contributed by atoms with Gasteiger partial charge in [-0.3, -0.25) is 4.98 Å². The molecule has 0 radical (unpaired) electrons. The van der Waals surface area contributed by atoms with Gasteiger partial charge in [0.05, 0.1) is 17.2 Å². The number of fused-ring (bicyclic) bond motifs is 1. The number of ether oxygens (including phenoxy) is 3. The van der Waals surface area contributed by atoms with Crippen molar-refractivity contribution in [2.45, 2.75) is 46.0 Å². The van der Waals surface area contributed by atoms with Gasteiger partial charge >= 0.3 is 5.97 Å². The molecule has 1 aromatic heterocycles. The molecule has 1 heterocycles. The molecule has 3 rings (SSSR count). The largest absolute Gasteiger partial charge is 0.490 e. The van der Waals surface area contributed by atoms with Crippen molar-refractivity contribution < 1.29 is 24.1 Å². The summed E-state index contributed by atoms with van der Waals surface area (Å²) in [4.78, 5) is 15.8. The number of rotatable bonds is 10. The summed E-state index contributed by atoms with van der Waals surface area (Å²) in [7, 11) is 0. The molecule has 0 amide bonds. The highest BCUT2D eigenvalue weighted by Crippen LogP contribution is 2.32. The Morgan fingerprint density at radius 2 is 1.90 bits per heavy atom. The molecule has 3 aromatic rings. The zero-order chi connectivity index (χ0) is 22.4. The van der Waals surface area contributed by atoms with Crippen LogP contribution in [-0.2, 0) is 22.6 Å². The first kappa shape index (κ1) is 23.0. The molecule has 164 valence electrons. The summed E-state index contributed by atoms with van der Waals surface area (Å²) < 4.78 is 18.3. The van der Waals surface area contributed by atoms with E-state index in [1.807, 2.05) is 56.3 Å². The SMILES string of the molecule is CCOC(Cc1ccc(OCc2cnc3ccc(Br)cc3c2OC(C)C)cc1)C(=O)O. The normalized spacial score (nSPS) is 12.2. The van der Waals surface area contributed by atoms with Gasteiger partial charge in [-0.25, -0.2) is 4.79 Å². The molecule has 0 bridgehead atoms. The quantitative estimate of drug-likeness (QED) is 0.412. The fourth-order valence-electron chi connectivity index (χ4n) is 3.18.